The summed E-state index contributed by atoms with van der Waals surface area (Å²) in [5, 5.41) is 3.82. The summed E-state index contributed by atoms with van der Waals surface area (Å²) in [6, 6.07) is 9.74. The lowest BCUT2D eigenvalue weighted by molar-refractivity contribution is 0.429. The van der Waals surface area contributed by atoms with Crippen molar-refractivity contribution >= 4 is 11.8 Å². The molecule has 2 saturated carbocycles. The first kappa shape index (κ1) is 13.5. The summed E-state index contributed by atoms with van der Waals surface area (Å²) in [5.74, 6) is 4.44. The van der Waals surface area contributed by atoms with Gasteiger partial charge in [-0.2, -0.15) is 11.8 Å². The Balaban J connectivity index is 1.32. The van der Waals surface area contributed by atoms with E-state index in [0.29, 0.717) is 0 Å². The van der Waals surface area contributed by atoms with Crippen LogP contribution in [0.3, 0.4) is 0 Å². The first-order chi connectivity index (χ1) is 9.33. The Bertz CT molecular complexity index is 397. The molecule has 1 nitrogen and oxygen atoms in total. The first-order valence-corrected chi connectivity index (χ1v) is 8.85. The van der Waals surface area contributed by atoms with Gasteiger partial charge in [-0.3, -0.25) is 0 Å². The van der Waals surface area contributed by atoms with E-state index in [9.17, 15) is 0 Å². The Morgan fingerprint density at radius 3 is 2.58 bits per heavy atom. The number of thioether (sulfide) groups is 1. The van der Waals surface area contributed by atoms with Gasteiger partial charge in [0.2, 0.25) is 0 Å². The van der Waals surface area contributed by atoms with Crippen molar-refractivity contribution in [3.63, 3.8) is 0 Å². The molecule has 0 atom stereocenters. The van der Waals surface area contributed by atoms with E-state index in [4.69, 9.17) is 0 Å². The minimum absolute atomic E-state index is 0.861. The Morgan fingerprint density at radius 2 is 1.95 bits per heavy atom. The van der Waals surface area contributed by atoms with Gasteiger partial charge in [0.05, 0.1) is 0 Å². The second-order valence-electron chi connectivity index (χ2n) is 6.20. The third-order valence-electron chi connectivity index (χ3n) is 4.24. The second kappa shape index (κ2) is 6.32. The van der Waals surface area contributed by atoms with Crippen molar-refractivity contribution in [2.45, 2.75) is 44.4 Å². The molecule has 0 spiro atoms. The van der Waals surface area contributed by atoms with Crippen LogP contribution in [0.15, 0.2) is 24.3 Å². The van der Waals surface area contributed by atoms with Crippen LogP contribution in [0, 0.1) is 18.8 Å². The molecular formula is C17H25NS. The maximum atomic E-state index is 3.82. The number of aryl methyl sites for hydroxylation is 1. The van der Waals surface area contributed by atoms with E-state index < -0.39 is 0 Å². The molecule has 0 aliphatic heterocycles. The van der Waals surface area contributed by atoms with E-state index in [1.807, 2.05) is 0 Å². The smallest absolute Gasteiger partial charge is 0.0185 e. The van der Waals surface area contributed by atoms with Gasteiger partial charge in [-0.1, -0.05) is 29.8 Å². The summed E-state index contributed by atoms with van der Waals surface area (Å²) in [7, 11) is 0. The summed E-state index contributed by atoms with van der Waals surface area (Å²) in [6.45, 7) is 3.36. The van der Waals surface area contributed by atoms with Gasteiger partial charge in [0.25, 0.3) is 0 Å². The summed E-state index contributed by atoms with van der Waals surface area (Å²) >= 11 is 2.06. The van der Waals surface area contributed by atoms with Crippen molar-refractivity contribution in [3.05, 3.63) is 35.4 Å². The molecule has 0 aromatic heterocycles. The summed E-state index contributed by atoms with van der Waals surface area (Å²) in [6.07, 6.45) is 5.91. The average Bonchev–Trinajstić information content (AvgIpc) is 3.27. The molecule has 0 saturated heterocycles. The lowest BCUT2D eigenvalue weighted by atomic mass is 10.1. The normalized spacial score (nSPS) is 19.1. The van der Waals surface area contributed by atoms with E-state index in [1.54, 1.807) is 0 Å². The second-order valence-corrected chi connectivity index (χ2v) is 7.30. The highest BCUT2D eigenvalue weighted by atomic mass is 32.2. The van der Waals surface area contributed by atoms with Crippen LogP contribution in [0.2, 0.25) is 0 Å². The molecule has 2 fully saturated rings. The molecule has 104 valence electrons. The van der Waals surface area contributed by atoms with Gasteiger partial charge in [-0.15, -0.1) is 0 Å². The van der Waals surface area contributed by atoms with E-state index in [2.05, 4.69) is 48.3 Å². The molecule has 3 rings (SSSR count). The van der Waals surface area contributed by atoms with Crippen molar-refractivity contribution in [2.24, 2.45) is 11.8 Å². The van der Waals surface area contributed by atoms with Gasteiger partial charge in [-0.25, -0.2) is 0 Å². The standard InChI is InChI=1S/C17H25NS/c1-13-3-2-4-14(11-13)12-19-10-9-18-17(15-5-6-15)16-7-8-16/h2-4,11,15-18H,5-10,12H2,1H3. The number of hydrogen-bond donors (Lipinski definition) is 1. The largest absolute Gasteiger partial charge is 0.313 e. The molecule has 19 heavy (non-hydrogen) atoms. The highest BCUT2D eigenvalue weighted by Gasteiger charge is 2.40. The van der Waals surface area contributed by atoms with Gasteiger partial charge in [-0.05, 0) is 50.0 Å². The van der Waals surface area contributed by atoms with Crippen molar-refractivity contribution in [1.82, 2.24) is 5.32 Å². The third-order valence-corrected chi connectivity index (χ3v) is 5.27. The fourth-order valence-corrected chi connectivity index (χ4v) is 3.74. The van der Waals surface area contributed by atoms with E-state index in [1.165, 1.54) is 49.1 Å². The van der Waals surface area contributed by atoms with Crippen molar-refractivity contribution < 1.29 is 0 Å². The molecule has 0 heterocycles. The summed E-state index contributed by atoms with van der Waals surface area (Å²) < 4.78 is 0. The van der Waals surface area contributed by atoms with Crippen LogP contribution in [-0.4, -0.2) is 18.3 Å². The lowest BCUT2D eigenvalue weighted by Crippen LogP contribution is -2.34. The molecule has 2 aliphatic carbocycles. The minimum atomic E-state index is 0.861. The maximum Gasteiger partial charge on any atom is 0.0185 e. The van der Waals surface area contributed by atoms with Gasteiger partial charge in [0.15, 0.2) is 0 Å². The van der Waals surface area contributed by atoms with Crippen molar-refractivity contribution in [1.29, 1.82) is 0 Å². The monoisotopic (exact) mass is 275 g/mol. The van der Waals surface area contributed by atoms with Crippen LogP contribution >= 0.6 is 11.8 Å². The Kier molecular flexibility index (Phi) is 4.49. The van der Waals surface area contributed by atoms with Crippen LogP contribution < -0.4 is 5.32 Å². The highest BCUT2D eigenvalue weighted by Crippen LogP contribution is 2.44. The van der Waals surface area contributed by atoms with Gasteiger partial charge in [0, 0.05) is 24.1 Å². The number of benzene rings is 1. The fourth-order valence-electron chi connectivity index (χ4n) is 2.92. The highest BCUT2D eigenvalue weighted by molar-refractivity contribution is 7.98. The van der Waals surface area contributed by atoms with Crippen LogP contribution in [0.4, 0.5) is 0 Å². The average molecular weight is 275 g/mol. The fraction of sp³-hybridized carbons (Fsp3) is 0.647. The Morgan fingerprint density at radius 1 is 1.21 bits per heavy atom. The SMILES string of the molecule is Cc1cccc(CSCCNC(C2CC2)C2CC2)c1. The molecule has 1 N–H and O–H groups in total. The number of nitrogens with one attached hydrogen (secondary N) is 1. The topological polar surface area (TPSA) is 12.0 Å². The molecular weight excluding hydrogens is 250 g/mol. The molecule has 1 aromatic carbocycles. The lowest BCUT2D eigenvalue weighted by Gasteiger charge is -2.17. The first-order valence-electron chi connectivity index (χ1n) is 7.69. The predicted octanol–water partition coefficient (Wildman–Crippen LogP) is 4.01. The van der Waals surface area contributed by atoms with E-state index >= 15 is 0 Å². The van der Waals surface area contributed by atoms with E-state index in [-0.39, 0.29) is 0 Å². The zero-order chi connectivity index (χ0) is 13.1. The summed E-state index contributed by atoms with van der Waals surface area (Å²) in [5.41, 5.74) is 2.84. The number of rotatable bonds is 8. The zero-order valence-electron chi connectivity index (χ0n) is 11.9. The minimum Gasteiger partial charge on any atom is -0.313 e. The van der Waals surface area contributed by atoms with Crippen LogP contribution in [0.25, 0.3) is 0 Å². The van der Waals surface area contributed by atoms with Crippen molar-refractivity contribution in [3.8, 4) is 0 Å². The van der Waals surface area contributed by atoms with Crippen LogP contribution in [-0.2, 0) is 5.75 Å². The van der Waals surface area contributed by atoms with Gasteiger partial charge < -0.3 is 5.32 Å². The quantitative estimate of drug-likeness (QED) is 0.720. The Labute approximate surface area is 121 Å². The Hall–Kier alpha value is -0.470. The van der Waals surface area contributed by atoms with Crippen LogP contribution in [0.1, 0.15) is 36.8 Å². The molecule has 2 aliphatic rings. The molecule has 1 aromatic rings. The van der Waals surface area contributed by atoms with Crippen LogP contribution in [0.5, 0.6) is 0 Å². The molecule has 0 bridgehead atoms. The third kappa shape index (κ3) is 4.25. The molecule has 2 heteroatoms. The van der Waals surface area contributed by atoms with Crippen molar-refractivity contribution in [2.75, 3.05) is 12.3 Å². The zero-order valence-corrected chi connectivity index (χ0v) is 12.7. The summed E-state index contributed by atoms with van der Waals surface area (Å²) in [4.78, 5) is 0. The maximum absolute atomic E-state index is 3.82. The van der Waals surface area contributed by atoms with Gasteiger partial charge in [0.1, 0.15) is 0 Å². The van der Waals surface area contributed by atoms with E-state index in [0.717, 1.165) is 23.6 Å². The predicted molar refractivity (Wildman–Crippen MR) is 84.6 cm³/mol. The molecule has 0 amide bonds. The molecule has 0 unspecified atom stereocenters. The van der Waals surface area contributed by atoms with Gasteiger partial charge >= 0.3 is 0 Å². The molecule has 0 radical (unpaired) electrons. The number of hydrogen-bond acceptors (Lipinski definition) is 2.